The fraction of sp³-hybridized carbons (Fsp3) is 0.250. The van der Waals surface area contributed by atoms with Gasteiger partial charge in [-0.05, 0) is 32.0 Å². The Bertz CT molecular complexity index is 818. The highest BCUT2D eigenvalue weighted by Crippen LogP contribution is 2.18. The molecule has 1 aromatic carbocycles. The van der Waals surface area contributed by atoms with Crippen molar-refractivity contribution in [3.05, 3.63) is 39.4 Å². The molecule has 0 radical (unpaired) electrons. The molecule has 2 heterocycles. The Morgan fingerprint density at radius 3 is 2.83 bits per heavy atom. The van der Waals surface area contributed by atoms with Gasteiger partial charge in [-0.2, -0.15) is 0 Å². The molecule has 3 aromatic rings. The smallest absolute Gasteiger partial charge is 0.262 e. The summed E-state index contributed by atoms with van der Waals surface area (Å²) in [4.78, 5) is 12.3. The van der Waals surface area contributed by atoms with Gasteiger partial charge in [-0.25, -0.2) is 0 Å². The molecule has 0 saturated carbocycles. The van der Waals surface area contributed by atoms with Crippen molar-refractivity contribution in [2.75, 3.05) is 0 Å². The Labute approximate surface area is 108 Å². The Kier molecular flexibility index (Phi) is 2.38. The molecule has 0 saturated heterocycles. The van der Waals surface area contributed by atoms with Crippen LogP contribution >= 0.6 is 11.6 Å². The molecule has 0 atom stereocenters. The van der Waals surface area contributed by atoms with Crippen molar-refractivity contribution in [2.24, 2.45) is 0 Å². The van der Waals surface area contributed by atoms with E-state index in [0.717, 1.165) is 11.3 Å². The zero-order chi connectivity index (χ0) is 12.9. The van der Waals surface area contributed by atoms with Crippen LogP contribution in [0.4, 0.5) is 0 Å². The highest BCUT2D eigenvalue weighted by Gasteiger charge is 2.13. The first-order valence-electron chi connectivity index (χ1n) is 5.67. The molecule has 5 nitrogen and oxygen atoms in total. The Morgan fingerprint density at radius 1 is 1.33 bits per heavy atom. The topological polar surface area (TPSA) is 52.2 Å². The van der Waals surface area contributed by atoms with Gasteiger partial charge < -0.3 is 0 Å². The molecule has 18 heavy (non-hydrogen) atoms. The number of aromatic nitrogens is 4. The molecule has 0 fully saturated rings. The van der Waals surface area contributed by atoms with Crippen LogP contribution in [0.5, 0.6) is 0 Å². The minimum Gasteiger partial charge on any atom is -0.277 e. The van der Waals surface area contributed by atoms with Crippen molar-refractivity contribution in [1.82, 2.24) is 19.2 Å². The molecule has 0 spiro atoms. The van der Waals surface area contributed by atoms with Gasteiger partial charge in [-0.15, -0.1) is 10.2 Å². The summed E-state index contributed by atoms with van der Waals surface area (Å²) in [5.74, 6) is 1.29. The maximum atomic E-state index is 12.3. The molecule has 0 bridgehead atoms. The molecular formula is C12H11ClN4O. The molecule has 3 rings (SSSR count). The number of nitrogens with zero attached hydrogens (tertiary/aromatic N) is 4. The van der Waals surface area contributed by atoms with Crippen molar-refractivity contribution in [1.29, 1.82) is 0 Å². The molecule has 0 aliphatic rings. The van der Waals surface area contributed by atoms with Gasteiger partial charge in [0, 0.05) is 11.6 Å². The summed E-state index contributed by atoms with van der Waals surface area (Å²) in [6, 6.07) is 5.23. The van der Waals surface area contributed by atoms with Crippen molar-refractivity contribution in [2.45, 2.75) is 20.4 Å². The number of aryl methyl sites for hydroxylation is 2. The molecule has 0 amide bonds. The Hall–Kier alpha value is -1.88. The van der Waals surface area contributed by atoms with E-state index in [9.17, 15) is 4.79 Å². The molecule has 6 heteroatoms. The lowest BCUT2D eigenvalue weighted by Gasteiger charge is -2.08. The number of hydrogen-bond acceptors (Lipinski definition) is 3. The predicted octanol–water partition coefficient (Wildman–Crippen LogP) is 2.03. The minimum atomic E-state index is -0.0657. The highest BCUT2D eigenvalue weighted by atomic mass is 35.5. The van der Waals surface area contributed by atoms with Crippen molar-refractivity contribution >= 4 is 28.3 Å². The van der Waals surface area contributed by atoms with Gasteiger partial charge in [0.15, 0.2) is 0 Å². The summed E-state index contributed by atoms with van der Waals surface area (Å²) in [5.41, 5.74) is 0.679. The molecule has 92 valence electrons. The number of benzene rings is 1. The largest absolute Gasteiger partial charge is 0.277 e. The normalized spacial score (nSPS) is 11.5. The lowest BCUT2D eigenvalue weighted by Crippen LogP contribution is -2.22. The molecule has 0 aliphatic heterocycles. The van der Waals surface area contributed by atoms with E-state index in [1.807, 2.05) is 18.2 Å². The average Bonchev–Trinajstić information content (AvgIpc) is 2.72. The van der Waals surface area contributed by atoms with E-state index < -0.39 is 0 Å². The van der Waals surface area contributed by atoms with Crippen LogP contribution in [-0.4, -0.2) is 19.2 Å². The SMILES string of the molecule is CCn1c(=O)c2ccc(Cl)cc2n2c(C)nnc12. The minimum absolute atomic E-state index is 0.0657. The fourth-order valence-corrected chi connectivity index (χ4v) is 2.37. The first kappa shape index (κ1) is 11.2. The van der Waals surface area contributed by atoms with Gasteiger partial charge in [-0.1, -0.05) is 11.6 Å². The van der Waals surface area contributed by atoms with E-state index in [4.69, 9.17) is 11.6 Å². The van der Waals surface area contributed by atoms with Crippen molar-refractivity contribution in [3.8, 4) is 0 Å². The molecule has 2 aromatic heterocycles. The van der Waals surface area contributed by atoms with Crippen LogP contribution < -0.4 is 5.56 Å². The molecular weight excluding hydrogens is 252 g/mol. The number of fused-ring (bicyclic) bond motifs is 3. The van der Waals surface area contributed by atoms with Crippen LogP contribution in [0.15, 0.2) is 23.0 Å². The summed E-state index contributed by atoms with van der Waals surface area (Å²) in [7, 11) is 0. The third kappa shape index (κ3) is 1.37. The van der Waals surface area contributed by atoms with Gasteiger partial charge in [-0.3, -0.25) is 13.8 Å². The lowest BCUT2D eigenvalue weighted by molar-refractivity contribution is 0.735. The van der Waals surface area contributed by atoms with E-state index in [1.165, 1.54) is 0 Å². The second-order valence-corrected chi connectivity index (χ2v) is 4.53. The Morgan fingerprint density at radius 2 is 2.11 bits per heavy atom. The van der Waals surface area contributed by atoms with E-state index in [1.54, 1.807) is 22.8 Å². The first-order valence-corrected chi connectivity index (χ1v) is 6.05. The van der Waals surface area contributed by atoms with Crippen LogP contribution in [0.3, 0.4) is 0 Å². The summed E-state index contributed by atoms with van der Waals surface area (Å²) >= 11 is 6.00. The second kappa shape index (κ2) is 3.81. The zero-order valence-electron chi connectivity index (χ0n) is 10.0. The van der Waals surface area contributed by atoms with Crippen molar-refractivity contribution < 1.29 is 0 Å². The average molecular weight is 263 g/mol. The third-order valence-corrected chi connectivity index (χ3v) is 3.28. The maximum absolute atomic E-state index is 12.3. The van der Waals surface area contributed by atoms with Gasteiger partial charge in [0.25, 0.3) is 5.56 Å². The standard InChI is InChI=1S/C12H11ClN4O/c1-3-16-11(18)9-5-4-8(13)6-10(9)17-7(2)14-15-12(16)17/h4-6H,3H2,1-2H3. The quantitative estimate of drug-likeness (QED) is 0.674. The highest BCUT2D eigenvalue weighted by molar-refractivity contribution is 6.31. The van der Waals surface area contributed by atoms with Gasteiger partial charge >= 0.3 is 0 Å². The van der Waals surface area contributed by atoms with Crippen LogP contribution in [0.1, 0.15) is 12.7 Å². The van der Waals surface area contributed by atoms with E-state index >= 15 is 0 Å². The van der Waals surface area contributed by atoms with Crippen LogP contribution in [0.25, 0.3) is 16.7 Å². The summed E-state index contributed by atoms with van der Waals surface area (Å²) in [6.45, 7) is 4.32. The fourth-order valence-electron chi connectivity index (χ4n) is 2.20. The molecule has 0 unspecified atom stereocenters. The molecule has 0 aliphatic carbocycles. The van der Waals surface area contributed by atoms with Crippen LogP contribution in [-0.2, 0) is 6.54 Å². The van der Waals surface area contributed by atoms with E-state index in [2.05, 4.69) is 10.2 Å². The van der Waals surface area contributed by atoms with Gasteiger partial charge in [0.2, 0.25) is 5.78 Å². The monoisotopic (exact) mass is 262 g/mol. The van der Waals surface area contributed by atoms with Crippen molar-refractivity contribution in [3.63, 3.8) is 0 Å². The van der Waals surface area contributed by atoms with Crippen LogP contribution in [0.2, 0.25) is 5.02 Å². The number of hydrogen-bond donors (Lipinski definition) is 0. The summed E-state index contributed by atoms with van der Waals surface area (Å²) in [5, 5.41) is 9.31. The maximum Gasteiger partial charge on any atom is 0.262 e. The van der Waals surface area contributed by atoms with Gasteiger partial charge in [0.05, 0.1) is 10.9 Å². The molecule has 0 N–H and O–H groups in total. The first-order chi connectivity index (χ1) is 8.63. The second-order valence-electron chi connectivity index (χ2n) is 4.09. The van der Waals surface area contributed by atoms with Crippen LogP contribution in [0, 0.1) is 6.92 Å². The summed E-state index contributed by atoms with van der Waals surface area (Å²) in [6.07, 6.45) is 0. The lowest BCUT2D eigenvalue weighted by atomic mass is 10.2. The van der Waals surface area contributed by atoms with E-state index in [0.29, 0.717) is 22.7 Å². The zero-order valence-corrected chi connectivity index (χ0v) is 10.8. The Balaban J connectivity index is 2.69. The number of halogens is 1. The predicted molar refractivity (Wildman–Crippen MR) is 70.2 cm³/mol. The van der Waals surface area contributed by atoms with Gasteiger partial charge in [0.1, 0.15) is 5.82 Å². The third-order valence-electron chi connectivity index (χ3n) is 3.04. The summed E-state index contributed by atoms with van der Waals surface area (Å²) < 4.78 is 3.46. The van der Waals surface area contributed by atoms with E-state index in [-0.39, 0.29) is 5.56 Å². The number of rotatable bonds is 1.